The summed E-state index contributed by atoms with van der Waals surface area (Å²) in [5.41, 5.74) is 0.757. The van der Waals surface area contributed by atoms with Gasteiger partial charge in [0.1, 0.15) is 5.82 Å². The van der Waals surface area contributed by atoms with Crippen molar-refractivity contribution >= 4 is 21.7 Å². The fraction of sp³-hybridized carbons (Fsp3) is 0.750. The van der Waals surface area contributed by atoms with Crippen LogP contribution in [0.5, 0.6) is 0 Å². The average Bonchev–Trinajstić information content (AvgIpc) is 3.36. The van der Waals surface area contributed by atoms with Gasteiger partial charge in [-0.25, -0.2) is 0 Å². The highest BCUT2D eigenvalue weighted by atomic mass is 32.2. The van der Waals surface area contributed by atoms with E-state index in [-0.39, 0.29) is 5.92 Å². The fourth-order valence-corrected chi connectivity index (χ4v) is 6.66. The summed E-state index contributed by atoms with van der Waals surface area (Å²) in [6.07, 6.45) is 8.10. The van der Waals surface area contributed by atoms with E-state index in [1.54, 1.807) is 8.61 Å². The molecule has 0 unspecified atom stereocenters. The summed E-state index contributed by atoms with van der Waals surface area (Å²) in [5, 5.41) is 13.6. The molecule has 0 atom stereocenters. The Labute approximate surface area is 178 Å². The van der Waals surface area contributed by atoms with Crippen molar-refractivity contribution in [1.82, 2.24) is 28.4 Å². The summed E-state index contributed by atoms with van der Waals surface area (Å²) >= 11 is 0. The number of nitrogens with zero attached hydrogens (tertiary/aromatic N) is 7. The first-order valence-electron chi connectivity index (χ1n) is 11.4. The maximum Gasteiger partial charge on any atom is 0.281 e. The molecule has 2 aromatic rings. The molecule has 0 aliphatic carbocycles. The lowest BCUT2D eigenvalue weighted by atomic mass is 9.97. The lowest BCUT2D eigenvalue weighted by Crippen LogP contribution is -2.47. The van der Waals surface area contributed by atoms with E-state index in [1.807, 2.05) is 16.6 Å². The maximum absolute atomic E-state index is 13.1. The quantitative estimate of drug-likeness (QED) is 0.733. The van der Waals surface area contributed by atoms with E-state index in [2.05, 4.69) is 15.1 Å². The molecule has 9 nitrogen and oxygen atoms in total. The van der Waals surface area contributed by atoms with Crippen LogP contribution in [-0.2, 0) is 10.2 Å². The monoisotopic (exact) mass is 433 g/mol. The van der Waals surface area contributed by atoms with E-state index in [0.717, 1.165) is 68.9 Å². The highest BCUT2D eigenvalue weighted by molar-refractivity contribution is 7.86. The van der Waals surface area contributed by atoms with Gasteiger partial charge in [0.2, 0.25) is 0 Å². The molecule has 5 heterocycles. The van der Waals surface area contributed by atoms with E-state index < -0.39 is 10.2 Å². The smallest absolute Gasteiger partial charge is 0.281 e. The second-order valence-electron chi connectivity index (χ2n) is 8.71. The number of piperidine rings is 1. The van der Waals surface area contributed by atoms with Crippen LogP contribution in [0.2, 0.25) is 0 Å². The second kappa shape index (κ2) is 8.39. The third-order valence-electron chi connectivity index (χ3n) is 6.74. The normalized spacial score (nSPS) is 23.3. The van der Waals surface area contributed by atoms with E-state index in [1.165, 1.54) is 12.8 Å². The van der Waals surface area contributed by atoms with E-state index in [9.17, 15) is 8.42 Å². The number of aromatic nitrogens is 4. The molecule has 0 spiro atoms. The standard InChI is InChI=1S/C20H31N7O2S/c28-30(29,25-13-3-1-2-4-14-25)26-15-9-17(10-16-26)20-22-21-18-7-8-19(23-27(18)20)24-11-5-6-12-24/h7-8,17H,1-6,9-16H2. The minimum atomic E-state index is -3.36. The van der Waals surface area contributed by atoms with Crippen molar-refractivity contribution in [3.63, 3.8) is 0 Å². The zero-order valence-electron chi connectivity index (χ0n) is 17.5. The summed E-state index contributed by atoms with van der Waals surface area (Å²) in [4.78, 5) is 2.31. The van der Waals surface area contributed by atoms with Gasteiger partial charge in [-0.1, -0.05) is 12.8 Å². The topological polar surface area (TPSA) is 86.9 Å². The van der Waals surface area contributed by atoms with Gasteiger partial charge in [-0.15, -0.1) is 15.3 Å². The van der Waals surface area contributed by atoms with E-state index in [4.69, 9.17) is 5.10 Å². The third kappa shape index (κ3) is 3.80. The largest absolute Gasteiger partial charge is 0.355 e. The SMILES string of the molecule is O=S(=O)(N1CCCCCC1)N1CCC(c2nnc3ccc(N4CCCC4)nn23)CC1. The van der Waals surface area contributed by atoms with Crippen molar-refractivity contribution in [1.29, 1.82) is 0 Å². The van der Waals surface area contributed by atoms with Crippen LogP contribution >= 0.6 is 0 Å². The molecule has 3 fully saturated rings. The molecule has 0 N–H and O–H groups in total. The number of hydrogen-bond donors (Lipinski definition) is 0. The van der Waals surface area contributed by atoms with Crippen LogP contribution in [0.1, 0.15) is 63.1 Å². The molecule has 0 aromatic carbocycles. The van der Waals surface area contributed by atoms with Gasteiger partial charge in [-0.05, 0) is 50.7 Å². The van der Waals surface area contributed by atoms with Gasteiger partial charge < -0.3 is 4.90 Å². The van der Waals surface area contributed by atoms with Gasteiger partial charge in [-0.2, -0.15) is 21.5 Å². The molecule has 5 rings (SSSR count). The van der Waals surface area contributed by atoms with E-state index in [0.29, 0.717) is 26.2 Å². The van der Waals surface area contributed by atoms with Gasteiger partial charge in [-0.3, -0.25) is 0 Å². The first-order chi connectivity index (χ1) is 14.6. The molecule has 0 amide bonds. The van der Waals surface area contributed by atoms with Crippen LogP contribution in [-0.4, -0.2) is 76.1 Å². The third-order valence-corrected chi connectivity index (χ3v) is 8.78. The molecule has 30 heavy (non-hydrogen) atoms. The molecule has 10 heteroatoms. The minimum Gasteiger partial charge on any atom is -0.355 e. The summed E-state index contributed by atoms with van der Waals surface area (Å²) in [6.45, 7) is 4.46. The highest BCUT2D eigenvalue weighted by Gasteiger charge is 2.34. The fourth-order valence-electron chi connectivity index (χ4n) is 4.95. The molecule has 3 aliphatic heterocycles. The Morgan fingerprint density at radius 1 is 0.767 bits per heavy atom. The highest BCUT2D eigenvalue weighted by Crippen LogP contribution is 2.30. The minimum absolute atomic E-state index is 0.178. The first kappa shape index (κ1) is 20.1. The predicted octanol–water partition coefficient (Wildman–Crippen LogP) is 2.02. The van der Waals surface area contributed by atoms with E-state index >= 15 is 0 Å². The van der Waals surface area contributed by atoms with Gasteiger partial charge in [0, 0.05) is 45.2 Å². The molecule has 0 radical (unpaired) electrons. The lowest BCUT2D eigenvalue weighted by molar-refractivity contribution is 0.282. The summed E-state index contributed by atoms with van der Waals surface area (Å²) in [5.74, 6) is 2.01. The Balaban J connectivity index is 1.30. The predicted molar refractivity (Wildman–Crippen MR) is 115 cm³/mol. The van der Waals surface area contributed by atoms with Crippen molar-refractivity contribution in [3.8, 4) is 0 Å². The number of fused-ring (bicyclic) bond motifs is 1. The zero-order valence-corrected chi connectivity index (χ0v) is 18.3. The lowest BCUT2D eigenvalue weighted by Gasteiger charge is -2.34. The van der Waals surface area contributed by atoms with Crippen molar-refractivity contribution in [2.75, 3.05) is 44.2 Å². The molecular formula is C20H31N7O2S. The van der Waals surface area contributed by atoms with Crippen molar-refractivity contribution in [2.24, 2.45) is 0 Å². The van der Waals surface area contributed by atoms with Gasteiger partial charge in [0.15, 0.2) is 11.5 Å². The van der Waals surface area contributed by atoms with Crippen LogP contribution in [0.3, 0.4) is 0 Å². The Kier molecular flexibility index (Phi) is 5.63. The Morgan fingerprint density at radius 3 is 2.10 bits per heavy atom. The van der Waals surface area contributed by atoms with Gasteiger partial charge >= 0.3 is 0 Å². The molecule has 164 valence electrons. The van der Waals surface area contributed by atoms with Crippen LogP contribution in [0.15, 0.2) is 12.1 Å². The summed E-state index contributed by atoms with van der Waals surface area (Å²) in [7, 11) is -3.36. The Hall–Kier alpha value is -1.78. The molecule has 3 aliphatic rings. The molecule has 0 bridgehead atoms. The maximum atomic E-state index is 13.1. The zero-order chi connectivity index (χ0) is 20.6. The summed E-state index contributed by atoms with van der Waals surface area (Å²) in [6, 6.07) is 4.01. The van der Waals surface area contributed by atoms with Crippen molar-refractivity contribution < 1.29 is 8.42 Å². The van der Waals surface area contributed by atoms with Crippen LogP contribution in [0, 0.1) is 0 Å². The number of rotatable bonds is 4. The molecular weight excluding hydrogens is 402 g/mol. The summed E-state index contributed by atoms with van der Waals surface area (Å²) < 4.78 is 31.4. The van der Waals surface area contributed by atoms with Gasteiger partial charge in [0.25, 0.3) is 10.2 Å². The van der Waals surface area contributed by atoms with Crippen molar-refractivity contribution in [2.45, 2.75) is 57.3 Å². The molecule has 2 aromatic heterocycles. The van der Waals surface area contributed by atoms with Crippen LogP contribution in [0.4, 0.5) is 5.82 Å². The number of hydrogen-bond acceptors (Lipinski definition) is 6. The van der Waals surface area contributed by atoms with Gasteiger partial charge in [0.05, 0.1) is 0 Å². The first-order valence-corrected chi connectivity index (χ1v) is 12.8. The Morgan fingerprint density at radius 2 is 1.40 bits per heavy atom. The molecule has 0 saturated carbocycles. The Bertz CT molecular complexity index is 970. The number of anilines is 1. The van der Waals surface area contributed by atoms with Crippen LogP contribution in [0.25, 0.3) is 5.65 Å². The van der Waals surface area contributed by atoms with Crippen molar-refractivity contribution in [3.05, 3.63) is 18.0 Å². The van der Waals surface area contributed by atoms with Crippen LogP contribution < -0.4 is 4.90 Å². The average molecular weight is 434 g/mol. The molecule has 3 saturated heterocycles. The second-order valence-corrected chi connectivity index (χ2v) is 10.6.